The first-order valence-electron chi connectivity index (χ1n) is 17.2. The molecule has 1 saturated carbocycles. The van der Waals surface area contributed by atoms with Gasteiger partial charge in [-0.1, -0.05) is 0 Å². The van der Waals surface area contributed by atoms with E-state index < -0.39 is 111 Å². The number of aliphatic hydroxyl groups excluding tert-OH is 6. The minimum absolute atomic E-state index is 0.0524. The number of ether oxygens (including phenoxy) is 6. The molecular formula is C30H59N7O12. The molecule has 0 bridgehead atoms. The van der Waals surface area contributed by atoms with Gasteiger partial charge >= 0.3 is 0 Å². The Bertz CT molecular complexity index is 1020. The van der Waals surface area contributed by atoms with Gasteiger partial charge in [-0.05, 0) is 57.2 Å². The summed E-state index contributed by atoms with van der Waals surface area (Å²) < 4.78 is 36.1. The van der Waals surface area contributed by atoms with Gasteiger partial charge < -0.3 is 98.8 Å². The highest BCUT2D eigenvalue weighted by molar-refractivity contribution is 5.04. The van der Waals surface area contributed by atoms with Gasteiger partial charge in [0.2, 0.25) is 6.29 Å². The molecule has 17 atom stereocenters. The van der Waals surface area contributed by atoms with Crippen LogP contribution >= 0.6 is 0 Å². The van der Waals surface area contributed by atoms with Crippen LogP contribution in [-0.2, 0) is 28.4 Å². The van der Waals surface area contributed by atoms with Crippen LogP contribution in [0, 0.1) is 5.92 Å². The Morgan fingerprint density at radius 3 is 2.20 bits per heavy atom. The van der Waals surface area contributed by atoms with Crippen LogP contribution in [0.1, 0.15) is 32.1 Å². The molecule has 2 saturated heterocycles. The average molecular weight is 710 g/mol. The summed E-state index contributed by atoms with van der Waals surface area (Å²) in [6, 6.07) is -2.49. The Hall–Kier alpha value is -1.18. The van der Waals surface area contributed by atoms with Crippen molar-refractivity contribution in [3.63, 3.8) is 0 Å². The van der Waals surface area contributed by atoms with Crippen LogP contribution in [-0.4, -0.2) is 168 Å². The highest BCUT2D eigenvalue weighted by Crippen LogP contribution is 2.37. The smallest absolute Gasteiger partial charge is 0.215 e. The van der Waals surface area contributed by atoms with Gasteiger partial charge in [0, 0.05) is 19.1 Å². The van der Waals surface area contributed by atoms with Crippen molar-refractivity contribution in [2.75, 3.05) is 39.3 Å². The lowest BCUT2D eigenvalue weighted by Gasteiger charge is -2.46. The molecule has 4 aliphatic rings. The first-order chi connectivity index (χ1) is 23.4. The summed E-state index contributed by atoms with van der Waals surface area (Å²) in [5.41, 5.74) is 35.9. The molecule has 1 unspecified atom stereocenters. The molecule has 286 valence electrons. The molecule has 0 aromatic rings. The van der Waals surface area contributed by atoms with E-state index in [0.717, 1.165) is 6.42 Å². The fourth-order valence-corrected chi connectivity index (χ4v) is 6.69. The lowest BCUT2D eigenvalue weighted by Crippen LogP contribution is -2.64. The second-order valence-corrected chi connectivity index (χ2v) is 13.3. The quantitative estimate of drug-likeness (QED) is 0.0624. The van der Waals surface area contributed by atoms with Crippen molar-refractivity contribution in [2.45, 2.75) is 130 Å². The summed E-state index contributed by atoms with van der Waals surface area (Å²) in [6.07, 6.45) is -11.6. The second kappa shape index (κ2) is 19.1. The predicted molar refractivity (Wildman–Crippen MR) is 173 cm³/mol. The molecule has 4 rings (SSSR count). The summed E-state index contributed by atoms with van der Waals surface area (Å²) in [4.78, 5) is 0. The zero-order chi connectivity index (χ0) is 35.8. The van der Waals surface area contributed by atoms with E-state index in [2.05, 4.69) is 5.32 Å². The largest absolute Gasteiger partial charge is 0.467 e. The maximum Gasteiger partial charge on any atom is 0.215 e. The van der Waals surface area contributed by atoms with Crippen LogP contribution in [0.15, 0.2) is 11.8 Å². The molecule has 3 aliphatic heterocycles. The third kappa shape index (κ3) is 10.0. The maximum absolute atomic E-state index is 11.7. The first-order valence-corrected chi connectivity index (χ1v) is 17.2. The minimum Gasteiger partial charge on any atom is -0.467 e. The molecule has 0 aromatic carbocycles. The molecule has 19 heteroatoms. The van der Waals surface area contributed by atoms with E-state index in [1.54, 1.807) is 0 Å². The number of rotatable bonds is 17. The molecule has 0 spiro atoms. The zero-order valence-electron chi connectivity index (χ0n) is 27.8. The Balaban J connectivity index is 1.51. The van der Waals surface area contributed by atoms with Crippen molar-refractivity contribution in [1.29, 1.82) is 0 Å². The molecule has 3 heterocycles. The molecule has 1 aliphatic carbocycles. The Morgan fingerprint density at radius 1 is 0.837 bits per heavy atom. The standard InChI is InChI=1S/C30H59N7O12/c31-6-1-7-37-11-15-4-5-16(34)28(44-15)47-25-17(35)8-13(2-3-14(39)9-32)21(40)27(25)49-30-24(43)26(19(12-38)46-30)48-29-20(36)23(42)22(41)18(10-33)45-29/h4,13-14,16-30,37-43H,1-3,5-12,31-36H2/t13-,14?,16-,17+,18+,19-,20-,21+,22-,23-,24-,25-,26-,27-,28-,29-,30+/m1/s1. The van der Waals surface area contributed by atoms with E-state index in [0.29, 0.717) is 51.1 Å². The van der Waals surface area contributed by atoms with E-state index in [1.807, 2.05) is 6.08 Å². The molecule has 49 heavy (non-hydrogen) atoms. The molecule has 3 fully saturated rings. The molecule has 19 N–H and O–H groups in total. The number of hydrogen-bond donors (Lipinski definition) is 13. The Morgan fingerprint density at radius 2 is 1.53 bits per heavy atom. The molecule has 0 radical (unpaired) electrons. The van der Waals surface area contributed by atoms with E-state index in [1.165, 1.54) is 0 Å². The summed E-state index contributed by atoms with van der Waals surface area (Å²) in [5, 5.41) is 67.2. The number of hydrogen-bond acceptors (Lipinski definition) is 19. The first kappa shape index (κ1) is 40.6. The van der Waals surface area contributed by atoms with Crippen LogP contribution < -0.4 is 39.7 Å². The summed E-state index contributed by atoms with van der Waals surface area (Å²) in [6.45, 7) is 0.971. The average Bonchev–Trinajstić information content (AvgIpc) is 3.39. The van der Waals surface area contributed by atoms with Gasteiger partial charge in [-0.15, -0.1) is 0 Å². The van der Waals surface area contributed by atoms with Crippen molar-refractivity contribution in [2.24, 2.45) is 40.3 Å². The molecule has 0 aromatic heterocycles. The maximum atomic E-state index is 11.7. The van der Waals surface area contributed by atoms with Crippen LogP contribution in [0.25, 0.3) is 0 Å². The van der Waals surface area contributed by atoms with Crippen molar-refractivity contribution in [3.8, 4) is 0 Å². The van der Waals surface area contributed by atoms with Crippen molar-refractivity contribution >= 4 is 0 Å². The van der Waals surface area contributed by atoms with E-state index in [9.17, 15) is 30.6 Å². The van der Waals surface area contributed by atoms with Crippen LogP contribution in [0.5, 0.6) is 0 Å². The van der Waals surface area contributed by atoms with Crippen molar-refractivity contribution in [1.82, 2.24) is 5.32 Å². The Labute approximate surface area is 286 Å². The number of aliphatic hydroxyl groups is 6. The third-order valence-electron chi connectivity index (χ3n) is 9.70. The fraction of sp³-hybridized carbons (Fsp3) is 0.933. The van der Waals surface area contributed by atoms with Gasteiger partial charge in [0.05, 0.1) is 37.4 Å². The second-order valence-electron chi connectivity index (χ2n) is 13.3. The zero-order valence-corrected chi connectivity index (χ0v) is 27.8. The van der Waals surface area contributed by atoms with E-state index in [4.69, 9.17) is 62.8 Å². The van der Waals surface area contributed by atoms with Crippen molar-refractivity contribution in [3.05, 3.63) is 11.8 Å². The minimum atomic E-state index is -1.56. The monoisotopic (exact) mass is 709 g/mol. The van der Waals surface area contributed by atoms with Crippen molar-refractivity contribution < 1.29 is 59.1 Å². The van der Waals surface area contributed by atoms with Gasteiger partial charge in [-0.25, -0.2) is 0 Å². The summed E-state index contributed by atoms with van der Waals surface area (Å²) >= 11 is 0. The summed E-state index contributed by atoms with van der Waals surface area (Å²) in [5.74, 6) is 0.177. The SMILES string of the molecule is NCCCNCC1=CC[C@@H](N)[C@@H](O[C@H]2[C@H](O[C@@H]3O[C@H](CO)[C@@H](O[C@H]4O[C@@H](CN)[C@@H](O)[C@H](O)[C@H]4N)[C@H]3O)[C@@H](O)[C@H](CCC(O)CN)C[C@@H]2N)O1. The summed E-state index contributed by atoms with van der Waals surface area (Å²) in [7, 11) is 0. The lowest BCUT2D eigenvalue weighted by atomic mass is 9.77. The highest BCUT2D eigenvalue weighted by Gasteiger charge is 2.53. The number of nitrogens with one attached hydrogen (secondary N) is 1. The predicted octanol–water partition coefficient (Wildman–Crippen LogP) is -6.34. The third-order valence-corrected chi connectivity index (χ3v) is 9.70. The van der Waals surface area contributed by atoms with Crippen LogP contribution in [0.3, 0.4) is 0 Å². The normalized spacial score (nSPS) is 43.6. The van der Waals surface area contributed by atoms with E-state index in [-0.39, 0.29) is 13.1 Å². The topological polar surface area (TPSA) is 345 Å². The van der Waals surface area contributed by atoms with Gasteiger partial charge in [0.1, 0.15) is 54.6 Å². The van der Waals surface area contributed by atoms with Crippen LogP contribution in [0.4, 0.5) is 0 Å². The lowest BCUT2D eigenvalue weighted by molar-refractivity contribution is -0.283. The molecular weight excluding hydrogens is 650 g/mol. The Kier molecular flexibility index (Phi) is 15.8. The number of nitrogens with two attached hydrogens (primary N) is 6. The van der Waals surface area contributed by atoms with E-state index >= 15 is 0 Å². The van der Waals surface area contributed by atoms with Gasteiger partial charge in [0.25, 0.3) is 0 Å². The van der Waals surface area contributed by atoms with Gasteiger partial charge in [0.15, 0.2) is 12.6 Å². The van der Waals surface area contributed by atoms with Gasteiger partial charge in [-0.3, -0.25) is 0 Å². The fourth-order valence-electron chi connectivity index (χ4n) is 6.69. The molecule has 0 amide bonds. The van der Waals surface area contributed by atoms with Crippen LogP contribution in [0.2, 0.25) is 0 Å². The molecule has 19 nitrogen and oxygen atoms in total. The highest BCUT2D eigenvalue weighted by atomic mass is 16.8. The van der Waals surface area contributed by atoms with Gasteiger partial charge in [-0.2, -0.15) is 0 Å².